The van der Waals surface area contributed by atoms with Gasteiger partial charge in [-0.05, 0) is 79.7 Å². The molecule has 0 unspecified atom stereocenters. The number of benzene rings is 2. The standard InChI is InChI=1S/C29H24F6N6OS/c1-16-21(8-9-24-23(16)14-38-41(24)15-27(42,28(30,31)32)29(33,34)35)26-22-12-25(37-13-17(22)10-11-36-26)39-18-4-6-20(7-5-18)43-40-19-2-3-19/h4-14,19,40,42H,2-3,15H2,1H3,(H,37,39). The van der Waals surface area contributed by atoms with Gasteiger partial charge in [0.25, 0.3) is 5.60 Å². The van der Waals surface area contributed by atoms with Gasteiger partial charge in [-0.25, -0.2) is 4.98 Å². The molecule has 1 saturated carbocycles. The van der Waals surface area contributed by atoms with Crippen molar-refractivity contribution >= 4 is 45.1 Å². The summed E-state index contributed by atoms with van der Waals surface area (Å²) in [4.78, 5) is 10.1. The maximum atomic E-state index is 13.3. The summed E-state index contributed by atoms with van der Waals surface area (Å²) < 4.78 is 83.8. The van der Waals surface area contributed by atoms with Crippen LogP contribution in [0.5, 0.6) is 0 Å². The van der Waals surface area contributed by atoms with Crippen LogP contribution in [0.4, 0.5) is 37.8 Å². The maximum Gasteiger partial charge on any atom is 0.428 e. The van der Waals surface area contributed by atoms with Crippen LogP contribution in [0.1, 0.15) is 18.4 Å². The topological polar surface area (TPSA) is 87.9 Å². The molecule has 0 radical (unpaired) electrons. The van der Waals surface area contributed by atoms with Gasteiger partial charge in [0.1, 0.15) is 5.82 Å². The van der Waals surface area contributed by atoms with Crippen LogP contribution in [-0.4, -0.2) is 48.9 Å². The number of rotatable bonds is 8. The van der Waals surface area contributed by atoms with Crippen molar-refractivity contribution < 1.29 is 31.4 Å². The second kappa shape index (κ2) is 10.7. The molecule has 43 heavy (non-hydrogen) atoms. The quantitative estimate of drug-likeness (QED) is 0.124. The Morgan fingerprint density at radius 1 is 0.930 bits per heavy atom. The van der Waals surface area contributed by atoms with Gasteiger partial charge in [-0.15, -0.1) is 0 Å². The Labute approximate surface area is 245 Å². The monoisotopic (exact) mass is 618 g/mol. The van der Waals surface area contributed by atoms with E-state index in [1.54, 1.807) is 43.4 Å². The third-order valence-corrected chi connectivity index (χ3v) is 8.32. The zero-order valence-corrected chi connectivity index (χ0v) is 23.3. The number of fused-ring (bicyclic) bond motifs is 2. The Balaban J connectivity index is 1.31. The lowest BCUT2D eigenvalue weighted by molar-refractivity contribution is -0.372. The van der Waals surface area contributed by atoms with Crippen molar-refractivity contribution in [3.05, 3.63) is 72.7 Å². The van der Waals surface area contributed by atoms with E-state index in [1.807, 2.05) is 30.3 Å². The van der Waals surface area contributed by atoms with E-state index >= 15 is 0 Å². The number of anilines is 2. The van der Waals surface area contributed by atoms with Gasteiger partial charge in [0, 0.05) is 50.7 Å². The highest BCUT2D eigenvalue weighted by Crippen LogP contribution is 2.44. The Morgan fingerprint density at radius 3 is 2.33 bits per heavy atom. The molecule has 0 spiro atoms. The molecule has 224 valence electrons. The van der Waals surface area contributed by atoms with Crippen molar-refractivity contribution in [2.75, 3.05) is 5.32 Å². The second-order valence-corrected chi connectivity index (χ2v) is 11.3. The highest BCUT2D eigenvalue weighted by atomic mass is 32.2. The van der Waals surface area contributed by atoms with Gasteiger partial charge in [-0.3, -0.25) is 14.4 Å². The Hall–Kier alpha value is -3.88. The molecule has 6 rings (SSSR count). The smallest absolute Gasteiger partial charge is 0.372 e. The van der Waals surface area contributed by atoms with Gasteiger partial charge < -0.3 is 10.4 Å². The van der Waals surface area contributed by atoms with Gasteiger partial charge in [0.2, 0.25) is 0 Å². The molecule has 5 aromatic rings. The molecule has 0 bridgehead atoms. The molecule has 1 aliphatic carbocycles. The van der Waals surface area contributed by atoms with E-state index in [1.165, 1.54) is 25.1 Å². The van der Waals surface area contributed by atoms with E-state index in [4.69, 9.17) is 0 Å². The molecule has 7 nitrogen and oxygen atoms in total. The summed E-state index contributed by atoms with van der Waals surface area (Å²) in [5.41, 5.74) is -2.42. The minimum atomic E-state index is -5.96. The van der Waals surface area contributed by atoms with Crippen LogP contribution in [0.15, 0.2) is 72.0 Å². The van der Waals surface area contributed by atoms with Crippen molar-refractivity contribution in [2.45, 2.75) is 55.2 Å². The summed E-state index contributed by atoms with van der Waals surface area (Å²) in [6, 6.07) is 15.0. The van der Waals surface area contributed by atoms with Crippen LogP contribution in [0.25, 0.3) is 32.9 Å². The number of halogens is 6. The number of alkyl halides is 6. The molecule has 3 N–H and O–H groups in total. The van der Waals surface area contributed by atoms with E-state index in [0.717, 1.165) is 21.4 Å². The van der Waals surface area contributed by atoms with Gasteiger partial charge in [0.05, 0.1) is 24.0 Å². The van der Waals surface area contributed by atoms with Gasteiger partial charge >= 0.3 is 12.4 Å². The summed E-state index contributed by atoms with van der Waals surface area (Å²) in [5, 5.41) is 18.6. The van der Waals surface area contributed by atoms with Gasteiger partial charge in [-0.2, -0.15) is 31.4 Å². The highest BCUT2D eigenvalue weighted by Gasteiger charge is 2.70. The minimum Gasteiger partial charge on any atom is -0.372 e. The summed E-state index contributed by atoms with van der Waals surface area (Å²) in [6.07, 6.45) is -5.06. The summed E-state index contributed by atoms with van der Waals surface area (Å²) in [7, 11) is 0. The van der Waals surface area contributed by atoms with Crippen LogP contribution in [0.3, 0.4) is 0 Å². The number of nitrogens with one attached hydrogen (secondary N) is 2. The normalized spacial score (nSPS) is 14.5. The predicted octanol–water partition coefficient (Wildman–Crippen LogP) is 7.31. The molecule has 0 saturated heterocycles. The first-order valence-electron chi connectivity index (χ1n) is 13.2. The number of pyridine rings is 2. The molecular formula is C29H24F6N6OS. The number of hydrogen-bond acceptors (Lipinski definition) is 7. The van der Waals surface area contributed by atoms with E-state index in [-0.39, 0.29) is 5.52 Å². The molecule has 1 fully saturated rings. The van der Waals surface area contributed by atoms with Crippen molar-refractivity contribution in [3.63, 3.8) is 0 Å². The fourth-order valence-corrected chi connectivity index (χ4v) is 5.50. The average Bonchev–Trinajstić information content (AvgIpc) is 3.70. The third kappa shape index (κ3) is 5.61. The molecule has 3 heterocycles. The number of hydrogen-bond donors (Lipinski definition) is 3. The lowest BCUT2D eigenvalue weighted by atomic mass is 9.98. The molecule has 1 aliphatic rings. The number of aromatic nitrogens is 4. The highest BCUT2D eigenvalue weighted by molar-refractivity contribution is 7.97. The van der Waals surface area contributed by atoms with Crippen LogP contribution in [0.2, 0.25) is 0 Å². The van der Waals surface area contributed by atoms with E-state index < -0.39 is 24.5 Å². The fourth-order valence-electron chi connectivity index (χ4n) is 4.69. The molecule has 2 aromatic carbocycles. The summed E-state index contributed by atoms with van der Waals surface area (Å²) in [6.45, 7) is -0.159. The number of aliphatic hydroxyl groups is 1. The van der Waals surface area contributed by atoms with Crippen LogP contribution in [0, 0.1) is 6.92 Å². The molecule has 0 aliphatic heterocycles. The van der Waals surface area contributed by atoms with Crippen LogP contribution >= 0.6 is 11.9 Å². The molecule has 0 amide bonds. The SMILES string of the molecule is Cc1c(-c2nccc3cnc(Nc4ccc(SNC5CC5)cc4)cc23)ccc2c1cnn2CC(O)(C(F)(F)F)C(F)(F)F. The van der Waals surface area contributed by atoms with Crippen molar-refractivity contribution in [3.8, 4) is 11.3 Å². The lowest BCUT2D eigenvalue weighted by Crippen LogP contribution is -2.59. The van der Waals surface area contributed by atoms with Crippen molar-refractivity contribution in [2.24, 2.45) is 0 Å². The van der Waals surface area contributed by atoms with E-state index in [0.29, 0.717) is 38.7 Å². The van der Waals surface area contributed by atoms with Gasteiger partial charge in [0.15, 0.2) is 0 Å². The summed E-state index contributed by atoms with van der Waals surface area (Å²) in [5.74, 6) is 0.559. The summed E-state index contributed by atoms with van der Waals surface area (Å²) >= 11 is 1.60. The Morgan fingerprint density at radius 2 is 1.65 bits per heavy atom. The molecular weight excluding hydrogens is 594 g/mol. The van der Waals surface area contributed by atoms with Crippen LogP contribution in [-0.2, 0) is 6.54 Å². The lowest BCUT2D eigenvalue weighted by Gasteiger charge is -2.32. The first kappa shape index (κ1) is 29.2. The number of nitrogens with zero attached hydrogens (tertiary/aromatic N) is 4. The first-order chi connectivity index (χ1) is 20.3. The number of aryl methyl sites for hydroxylation is 1. The zero-order valence-electron chi connectivity index (χ0n) is 22.5. The van der Waals surface area contributed by atoms with Crippen LogP contribution < -0.4 is 10.0 Å². The minimum absolute atomic E-state index is 0.00590. The largest absolute Gasteiger partial charge is 0.428 e. The molecule has 14 heteroatoms. The zero-order chi connectivity index (χ0) is 30.6. The van der Waals surface area contributed by atoms with E-state index in [2.05, 4.69) is 25.1 Å². The Kier molecular flexibility index (Phi) is 7.26. The van der Waals surface area contributed by atoms with Crippen molar-refractivity contribution in [1.82, 2.24) is 24.5 Å². The predicted molar refractivity (Wildman–Crippen MR) is 152 cm³/mol. The second-order valence-electron chi connectivity index (χ2n) is 10.4. The van der Waals surface area contributed by atoms with E-state index in [9.17, 15) is 31.4 Å². The first-order valence-corrected chi connectivity index (χ1v) is 14.0. The molecule has 3 aromatic heterocycles. The fraction of sp³-hybridized carbons (Fsp3) is 0.276. The van der Waals surface area contributed by atoms with Crippen molar-refractivity contribution in [1.29, 1.82) is 0 Å². The maximum absolute atomic E-state index is 13.3. The Bertz CT molecular complexity index is 1790. The third-order valence-electron chi connectivity index (χ3n) is 7.36. The molecule has 0 atom stereocenters. The average molecular weight is 619 g/mol. The van der Waals surface area contributed by atoms with Gasteiger partial charge in [-0.1, -0.05) is 6.07 Å².